The molecule has 2 aromatic rings. The molecule has 0 aliphatic heterocycles. The Balaban J connectivity index is 1.67. The normalized spacial score (nSPS) is 17.2. The van der Waals surface area contributed by atoms with Crippen LogP contribution in [0, 0.1) is 0 Å². The lowest BCUT2D eigenvalue weighted by atomic mass is 10.0. The topological polar surface area (TPSA) is 25.2 Å². The Hall–Kier alpha value is -0.990. The van der Waals surface area contributed by atoms with Gasteiger partial charge in [-0.15, -0.1) is 0 Å². The van der Waals surface area contributed by atoms with E-state index in [1.54, 1.807) is 0 Å². The lowest BCUT2D eigenvalue weighted by Crippen LogP contribution is -2.18. The number of fused-ring (bicyclic) bond motifs is 1. The molecule has 1 aromatic heterocycles. The zero-order valence-electron chi connectivity index (χ0n) is 10.6. The van der Waals surface area contributed by atoms with Crippen LogP contribution in [0.1, 0.15) is 37.9 Å². The maximum atomic E-state index is 5.98. The molecule has 3 rings (SSSR count). The van der Waals surface area contributed by atoms with Crippen LogP contribution in [0.3, 0.4) is 0 Å². The zero-order chi connectivity index (χ0) is 12.5. The van der Waals surface area contributed by atoms with Crippen molar-refractivity contribution in [2.45, 2.75) is 38.1 Å². The highest BCUT2D eigenvalue weighted by Crippen LogP contribution is 2.29. The number of benzene rings is 1. The second kappa shape index (κ2) is 4.94. The first-order valence-corrected chi connectivity index (χ1v) is 7.02. The van der Waals surface area contributed by atoms with Crippen LogP contribution < -0.4 is 5.32 Å². The van der Waals surface area contributed by atoms with Crippen LogP contribution in [-0.2, 0) is 0 Å². The van der Waals surface area contributed by atoms with Gasteiger partial charge in [0.15, 0.2) is 0 Å². The van der Waals surface area contributed by atoms with Gasteiger partial charge in [-0.25, -0.2) is 0 Å². The molecule has 0 radical (unpaired) electrons. The number of furan rings is 1. The molecule has 1 fully saturated rings. The fourth-order valence-corrected chi connectivity index (χ4v) is 2.39. The van der Waals surface area contributed by atoms with Crippen LogP contribution in [0.4, 0.5) is 0 Å². The Morgan fingerprint density at radius 1 is 1.39 bits per heavy atom. The van der Waals surface area contributed by atoms with Crippen LogP contribution in [0.15, 0.2) is 28.7 Å². The molecule has 18 heavy (non-hydrogen) atoms. The highest BCUT2D eigenvalue weighted by Gasteiger charge is 2.20. The third-order valence-electron chi connectivity index (χ3n) is 3.57. The second-order valence-electron chi connectivity index (χ2n) is 5.25. The zero-order valence-corrected chi connectivity index (χ0v) is 11.3. The van der Waals surface area contributed by atoms with Crippen LogP contribution >= 0.6 is 11.6 Å². The van der Waals surface area contributed by atoms with E-state index in [9.17, 15) is 0 Å². The molecular weight excluding hydrogens is 246 g/mol. The van der Waals surface area contributed by atoms with E-state index >= 15 is 0 Å². The Morgan fingerprint density at radius 2 is 2.22 bits per heavy atom. The van der Waals surface area contributed by atoms with Gasteiger partial charge in [0, 0.05) is 22.4 Å². The summed E-state index contributed by atoms with van der Waals surface area (Å²) >= 11 is 5.98. The predicted molar refractivity (Wildman–Crippen MR) is 75.3 cm³/mol. The summed E-state index contributed by atoms with van der Waals surface area (Å²) in [7, 11) is 0. The van der Waals surface area contributed by atoms with Gasteiger partial charge in [0.25, 0.3) is 0 Å². The van der Waals surface area contributed by atoms with Gasteiger partial charge in [0.1, 0.15) is 11.3 Å². The number of rotatable bonds is 5. The van der Waals surface area contributed by atoms with Crippen LogP contribution in [-0.4, -0.2) is 12.6 Å². The lowest BCUT2D eigenvalue weighted by molar-refractivity contribution is 0.477. The fourth-order valence-electron chi connectivity index (χ4n) is 2.21. The summed E-state index contributed by atoms with van der Waals surface area (Å²) in [5.41, 5.74) is 0.927. The molecule has 0 bridgehead atoms. The molecule has 1 heterocycles. The first kappa shape index (κ1) is 12.1. The molecule has 96 valence electrons. The predicted octanol–water partition coefficient (Wildman–Crippen LogP) is 4.33. The van der Waals surface area contributed by atoms with Crippen molar-refractivity contribution in [3.05, 3.63) is 35.0 Å². The van der Waals surface area contributed by atoms with Gasteiger partial charge in [0.2, 0.25) is 0 Å². The van der Waals surface area contributed by atoms with E-state index in [2.05, 4.69) is 18.3 Å². The van der Waals surface area contributed by atoms with Crippen molar-refractivity contribution < 1.29 is 4.42 Å². The molecular formula is C15H18ClNO. The molecule has 1 saturated carbocycles. The van der Waals surface area contributed by atoms with Gasteiger partial charge >= 0.3 is 0 Å². The number of hydrogen-bond acceptors (Lipinski definition) is 2. The largest absolute Gasteiger partial charge is 0.461 e. The Bertz CT molecular complexity index is 544. The van der Waals surface area contributed by atoms with Crippen molar-refractivity contribution >= 4 is 22.6 Å². The van der Waals surface area contributed by atoms with Crippen LogP contribution in [0.5, 0.6) is 0 Å². The average molecular weight is 264 g/mol. The summed E-state index contributed by atoms with van der Waals surface area (Å²) in [4.78, 5) is 0. The fraction of sp³-hybridized carbons (Fsp3) is 0.467. The smallest absolute Gasteiger partial charge is 0.134 e. The second-order valence-corrected chi connectivity index (χ2v) is 5.69. The molecule has 1 atom stereocenters. The third-order valence-corrected chi connectivity index (χ3v) is 3.81. The summed E-state index contributed by atoms with van der Waals surface area (Å²) in [5, 5.41) is 5.40. The molecule has 1 aliphatic rings. The third kappa shape index (κ3) is 2.70. The van der Waals surface area contributed by atoms with Gasteiger partial charge < -0.3 is 9.73 Å². The molecule has 0 amide bonds. The minimum atomic E-state index is 0.447. The van der Waals surface area contributed by atoms with Gasteiger partial charge in [-0.3, -0.25) is 0 Å². The van der Waals surface area contributed by atoms with Crippen molar-refractivity contribution in [3.8, 4) is 0 Å². The van der Waals surface area contributed by atoms with E-state index in [4.69, 9.17) is 16.0 Å². The van der Waals surface area contributed by atoms with Gasteiger partial charge in [-0.1, -0.05) is 18.5 Å². The van der Waals surface area contributed by atoms with Crippen molar-refractivity contribution in [2.24, 2.45) is 0 Å². The van der Waals surface area contributed by atoms with Gasteiger partial charge in [-0.2, -0.15) is 0 Å². The number of nitrogens with one attached hydrogen (secondary N) is 1. The van der Waals surface area contributed by atoms with E-state index in [1.807, 2.05) is 18.2 Å². The van der Waals surface area contributed by atoms with E-state index < -0.39 is 0 Å². The van der Waals surface area contributed by atoms with Crippen molar-refractivity contribution in [1.82, 2.24) is 5.32 Å². The van der Waals surface area contributed by atoms with Crippen LogP contribution in [0.2, 0.25) is 5.02 Å². The first-order valence-electron chi connectivity index (χ1n) is 6.65. The molecule has 2 nitrogen and oxygen atoms in total. The number of hydrogen-bond donors (Lipinski definition) is 1. The monoisotopic (exact) mass is 263 g/mol. The summed E-state index contributed by atoms with van der Waals surface area (Å²) in [6, 6.07) is 8.67. The van der Waals surface area contributed by atoms with Gasteiger partial charge in [-0.05, 0) is 50.1 Å². The minimum Gasteiger partial charge on any atom is -0.461 e. The highest BCUT2D eigenvalue weighted by molar-refractivity contribution is 6.31. The van der Waals surface area contributed by atoms with Crippen molar-refractivity contribution in [1.29, 1.82) is 0 Å². The van der Waals surface area contributed by atoms with E-state index in [0.29, 0.717) is 5.92 Å². The molecule has 3 heteroatoms. The molecule has 1 aliphatic carbocycles. The first-order chi connectivity index (χ1) is 8.72. The highest BCUT2D eigenvalue weighted by atomic mass is 35.5. The average Bonchev–Trinajstić information content (AvgIpc) is 3.06. The molecule has 0 spiro atoms. The molecule has 1 unspecified atom stereocenters. The van der Waals surface area contributed by atoms with Crippen LogP contribution in [0.25, 0.3) is 11.0 Å². The Labute approximate surface area is 112 Å². The van der Waals surface area contributed by atoms with Crippen molar-refractivity contribution in [2.75, 3.05) is 6.54 Å². The maximum Gasteiger partial charge on any atom is 0.134 e. The van der Waals surface area contributed by atoms with Crippen molar-refractivity contribution in [3.63, 3.8) is 0 Å². The summed E-state index contributed by atoms with van der Waals surface area (Å²) in [5.74, 6) is 1.51. The molecule has 1 N–H and O–H groups in total. The van der Waals surface area contributed by atoms with E-state index in [0.717, 1.165) is 40.8 Å². The van der Waals surface area contributed by atoms with E-state index in [-0.39, 0.29) is 0 Å². The SMILES string of the molecule is CC(CCNC1CC1)c1cc2cc(Cl)ccc2o1. The maximum absolute atomic E-state index is 5.98. The summed E-state index contributed by atoms with van der Waals surface area (Å²) in [6.45, 7) is 3.29. The summed E-state index contributed by atoms with van der Waals surface area (Å²) < 4.78 is 5.87. The van der Waals surface area contributed by atoms with Gasteiger partial charge in [0.05, 0.1) is 0 Å². The Kier molecular flexibility index (Phi) is 3.31. The minimum absolute atomic E-state index is 0.447. The Morgan fingerprint density at radius 3 is 3.00 bits per heavy atom. The molecule has 1 aromatic carbocycles. The standard InChI is InChI=1S/C15H18ClNO/c1-10(6-7-17-13-3-4-13)15-9-11-8-12(16)2-5-14(11)18-15/h2,5,8-10,13,17H,3-4,6-7H2,1H3. The molecule has 0 saturated heterocycles. The lowest BCUT2D eigenvalue weighted by Gasteiger charge is -2.08. The quantitative estimate of drug-likeness (QED) is 0.869. The van der Waals surface area contributed by atoms with E-state index in [1.165, 1.54) is 12.8 Å². The number of halogens is 1. The summed E-state index contributed by atoms with van der Waals surface area (Å²) in [6.07, 6.45) is 3.80.